The van der Waals surface area contributed by atoms with E-state index in [0.717, 1.165) is 28.9 Å². The zero-order chi connectivity index (χ0) is 20.9. The molecule has 2 amide bonds. The van der Waals surface area contributed by atoms with Crippen LogP contribution in [0.1, 0.15) is 40.1 Å². The molecule has 3 aromatic rings. The minimum Gasteiger partial charge on any atom is -0.459 e. The summed E-state index contributed by atoms with van der Waals surface area (Å²) >= 11 is 0. The molecular formula is C25H26N2O3. The van der Waals surface area contributed by atoms with E-state index in [1.54, 1.807) is 17.0 Å². The number of nitrogens with one attached hydrogen (secondary N) is 1. The second-order valence-corrected chi connectivity index (χ2v) is 7.95. The highest BCUT2D eigenvalue weighted by atomic mass is 16.3. The van der Waals surface area contributed by atoms with Gasteiger partial charge in [0.05, 0.1) is 19.2 Å². The van der Waals surface area contributed by atoms with Gasteiger partial charge < -0.3 is 14.6 Å². The summed E-state index contributed by atoms with van der Waals surface area (Å²) in [6.07, 6.45) is 4.28. The van der Waals surface area contributed by atoms with Gasteiger partial charge in [-0.3, -0.25) is 9.59 Å². The summed E-state index contributed by atoms with van der Waals surface area (Å²) in [5, 5.41) is 2.99. The van der Waals surface area contributed by atoms with Gasteiger partial charge in [-0.25, -0.2) is 0 Å². The van der Waals surface area contributed by atoms with Crippen LogP contribution in [0.2, 0.25) is 0 Å². The minimum atomic E-state index is -0.198. The molecule has 1 aromatic heterocycles. The van der Waals surface area contributed by atoms with Crippen LogP contribution in [-0.4, -0.2) is 18.4 Å². The van der Waals surface area contributed by atoms with Gasteiger partial charge in [0.15, 0.2) is 5.76 Å². The van der Waals surface area contributed by atoms with E-state index in [2.05, 4.69) is 11.4 Å². The molecule has 5 heteroatoms. The molecule has 0 atom stereocenters. The molecule has 0 unspecified atom stereocenters. The van der Waals surface area contributed by atoms with E-state index in [4.69, 9.17) is 4.42 Å². The van der Waals surface area contributed by atoms with Gasteiger partial charge in [-0.1, -0.05) is 42.0 Å². The van der Waals surface area contributed by atoms with E-state index < -0.39 is 0 Å². The van der Waals surface area contributed by atoms with Gasteiger partial charge in [0.2, 0.25) is 5.91 Å². The van der Waals surface area contributed by atoms with Crippen LogP contribution in [0.3, 0.4) is 0 Å². The number of anilines is 1. The Balaban J connectivity index is 1.50. The molecule has 0 aliphatic heterocycles. The van der Waals surface area contributed by atoms with E-state index >= 15 is 0 Å². The largest absolute Gasteiger partial charge is 0.459 e. The highest BCUT2D eigenvalue weighted by Crippen LogP contribution is 2.27. The number of furan rings is 1. The highest BCUT2D eigenvalue weighted by Gasteiger charge is 2.22. The Morgan fingerprint density at radius 2 is 1.83 bits per heavy atom. The lowest BCUT2D eigenvalue weighted by atomic mass is 10.1. The maximum Gasteiger partial charge on any atom is 0.294 e. The summed E-state index contributed by atoms with van der Waals surface area (Å²) in [5.41, 5.74) is 3.87. The quantitative estimate of drug-likeness (QED) is 0.603. The molecule has 2 aromatic carbocycles. The topological polar surface area (TPSA) is 62.6 Å². The molecule has 0 radical (unpaired) electrons. The van der Waals surface area contributed by atoms with Crippen molar-refractivity contribution in [3.05, 3.63) is 89.4 Å². The summed E-state index contributed by atoms with van der Waals surface area (Å²) in [6, 6.07) is 19.1. The summed E-state index contributed by atoms with van der Waals surface area (Å²) in [6.45, 7) is 3.24. The van der Waals surface area contributed by atoms with Gasteiger partial charge in [0, 0.05) is 12.2 Å². The Morgan fingerprint density at radius 3 is 2.50 bits per heavy atom. The van der Waals surface area contributed by atoms with Crippen LogP contribution in [0.4, 0.5) is 5.69 Å². The van der Waals surface area contributed by atoms with Crippen molar-refractivity contribution >= 4 is 17.5 Å². The standard InChI is InChI=1S/C25H26N2O3/c1-18-4-2-5-21(14-18)17-27(25(29)23-6-3-13-30-23)22-11-9-19(10-12-22)15-24(28)26-16-20-7-8-20/h2-6,9-14,20H,7-8,15-17H2,1H3,(H,26,28). The first-order valence-corrected chi connectivity index (χ1v) is 10.3. The number of carbonyl (C=O) groups is 2. The Bertz CT molecular complexity index is 1010. The van der Waals surface area contributed by atoms with Crippen molar-refractivity contribution in [2.75, 3.05) is 11.4 Å². The number of rotatable bonds is 8. The molecule has 0 spiro atoms. The van der Waals surface area contributed by atoms with E-state index in [1.807, 2.05) is 49.4 Å². The lowest BCUT2D eigenvalue weighted by Gasteiger charge is -2.22. The molecule has 1 aliphatic rings. The zero-order valence-corrected chi connectivity index (χ0v) is 17.1. The third-order valence-corrected chi connectivity index (χ3v) is 5.30. The molecule has 1 heterocycles. The fourth-order valence-corrected chi connectivity index (χ4v) is 3.43. The minimum absolute atomic E-state index is 0.0397. The van der Waals surface area contributed by atoms with Crippen molar-refractivity contribution in [1.29, 1.82) is 0 Å². The Labute approximate surface area is 176 Å². The Kier molecular flexibility index (Phi) is 5.98. The predicted molar refractivity (Wildman–Crippen MR) is 116 cm³/mol. The SMILES string of the molecule is Cc1cccc(CN(C(=O)c2ccco2)c2ccc(CC(=O)NCC3CC3)cc2)c1. The molecule has 5 nitrogen and oxygen atoms in total. The maximum absolute atomic E-state index is 13.1. The fourth-order valence-electron chi connectivity index (χ4n) is 3.43. The average molecular weight is 402 g/mol. The highest BCUT2D eigenvalue weighted by molar-refractivity contribution is 6.04. The van der Waals surface area contributed by atoms with E-state index in [0.29, 0.717) is 24.6 Å². The van der Waals surface area contributed by atoms with Crippen LogP contribution in [0, 0.1) is 12.8 Å². The van der Waals surface area contributed by atoms with Crippen molar-refractivity contribution in [2.24, 2.45) is 5.92 Å². The average Bonchev–Trinajstić information content (AvgIpc) is 3.41. The second-order valence-electron chi connectivity index (χ2n) is 7.95. The molecular weight excluding hydrogens is 376 g/mol. The van der Waals surface area contributed by atoms with Crippen LogP contribution < -0.4 is 10.2 Å². The number of carbonyl (C=O) groups excluding carboxylic acids is 2. The van der Waals surface area contributed by atoms with Gasteiger partial charge >= 0.3 is 0 Å². The van der Waals surface area contributed by atoms with Crippen molar-refractivity contribution in [3.63, 3.8) is 0 Å². The zero-order valence-electron chi connectivity index (χ0n) is 17.1. The Morgan fingerprint density at radius 1 is 1.03 bits per heavy atom. The normalized spacial score (nSPS) is 13.1. The molecule has 1 fully saturated rings. The number of nitrogens with zero attached hydrogens (tertiary/aromatic N) is 1. The molecule has 154 valence electrons. The molecule has 0 bridgehead atoms. The number of benzene rings is 2. The van der Waals surface area contributed by atoms with E-state index in [-0.39, 0.29) is 11.8 Å². The van der Waals surface area contributed by atoms with Crippen molar-refractivity contribution in [3.8, 4) is 0 Å². The third-order valence-electron chi connectivity index (χ3n) is 5.30. The second kappa shape index (κ2) is 8.99. The van der Waals surface area contributed by atoms with Gasteiger partial charge in [0.1, 0.15) is 0 Å². The number of amides is 2. The van der Waals surface area contributed by atoms with Crippen LogP contribution in [0.5, 0.6) is 0 Å². The molecule has 1 aliphatic carbocycles. The number of hydrogen-bond acceptors (Lipinski definition) is 3. The summed E-state index contributed by atoms with van der Waals surface area (Å²) in [7, 11) is 0. The summed E-state index contributed by atoms with van der Waals surface area (Å²) < 4.78 is 5.34. The molecule has 4 rings (SSSR count). The van der Waals surface area contributed by atoms with E-state index in [1.165, 1.54) is 19.1 Å². The van der Waals surface area contributed by atoms with Crippen molar-refractivity contribution < 1.29 is 14.0 Å². The lowest BCUT2D eigenvalue weighted by Crippen LogP contribution is -2.30. The smallest absolute Gasteiger partial charge is 0.294 e. The predicted octanol–water partition coefficient (Wildman–Crippen LogP) is 4.50. The monoisotopic (exact) mass is 402 g/mol. The number of aryl methyl sites for hydroxylation is 1. The van der Waals surface area contributed by atoms with Crippen LogP contribution >= 0.6 is 0 Å². The van der Waals surface area contributed by atoms with Crippen LogP contribution in [0.15, 0.2) is 71.3 Å². The summed E-state index contributed by atoms with van der Waals surface area (Å²) in [4.78, 5) is 26.9. The maximum atomic E-state index is 13.1. The lowest BCUT2D eigenvalue weighted by molar-refractivity contribution is -0.120. The first-order valence-electron chi connectivity index (χ1n) is 10.3. The van der Waals surface area contributed by atoms with Gasteiger partial charge in [-0.2, -0.15) is 0 Å². The first-order chi connectivity index (χ1) is 14.6. The first kappa shape index (κ1) is 20.0. The fraction of sp³-hybridized carbons (Fsp3) is 0.280. The van der Waals surface area contributed by atoms with Gasteiger partial charge in [-0.15, -0.1) is 0 Å². The van der Waals surface area contributed by atoms with E-state index in [9.17, 15) is 9.59 Å². The molecule has 30 heavy (non-hydrogen) atoms. The van der Waals surface area contributed by atoms with Crippen molar-refractivity contribution in [1.82, 2.24) is 5.32 Å². The van der Waals surface area contributed by atoms with Gasteiger partial charge in [0.25, 0.3) is 5.91 Å². The molecule has 1 saturated carbocycles. The molecule has 0 saturated heterocycles. The van der Waals surface area contributed by atoms with Crippen LogP contribution in [0.25, 0.3) is 0 Å². The third kappa shape index (κ3) is 5.17. The van der Waals surface area contributed by atoms with Crippen LogP contribution in [-0.2, 0) is 17.8 Å². The number of hydrogen-bond donors (Lipinski definition) is 1. The Hall–Kier alpha value is -3.34. The summed E-state index contributed by atoms with van der Waals surface area (Å²) in [5.74, 6) is 0.805. The molecule has 1 N–H and O–H groups in total. The van der Waals surface area contributed by atoms with Crippen molar-refractivity contribution in [2.45, 2.75) is 32.7 Å². The van der Waals surface area contributed by atoms with Gasteiger partial charge in [-0.05, 0) is 61.1 Å².